The largest absolute Gasteiger partial charge is 0.449 e. The van der Waals surface area contributed by atoms with Gasteiger partial charge in [0.25, 0.3) is 11.9 Å². The van der Waals surface area contributed by atoms with Crippen molar-refractivity contribution >= 4 is 11.6 Å². The van der Waals surface area contributed by atoms with Gasteiger partial charge in [0.2, 0.25) is 23.3 Å². The Morgan fingerprint density at radius 2 is 1.67 bits per heavy atom. The van der Waals surface area contributed by atoms with Crippen molar-refractivity contribution in [3.8, 4) is 11.5 Å². The van der Waals surface area contributed by atoms with Crippen molar-refractivity contribution < 1.29 is 27.1 Å². The van der Waals surface area contributed by atoms with E-state index in [1.54, 1.807) is 0 Å². The molecule has 0 atom stereocenters. The highest BCUT2D eigenvalue weighted by atomic mass is 19.2. The third kappa shape index (κ3) is 3.10. The third-order valence-electron chi connectivity index (χ3n) is 2.37. The third-order valence-corrected chi connectivity index (χ3v) is 2.37. The number of nitrogens with one attached hydrogen (secondary N) is 1. The van der Waals surface area contributed by atoms with Crippen LogP contribution in [-0.2, 0) is 4.79 Å². The molecule has 1 aromatic heterocycles. The summed E-state index contributed by atoms with van der Waals surface area (Å²) in [6.07, 6.45) is 0. The van der Waals surface area contributed by atoms with Gasteiger partial charge in [0, 0.05) is 6.92 Å². The van der Waals surface area contributed by atoms with Crippen LogP contribution in [0.4, 0.5) is 23.2 Å². The van der Waals surface area contributed by atoms with E-state index in [9.17, 15) is 22.4 Å². The topological polar surface area (TPSA) is 51.2 Å². The summed E-state index contributed by atoms with van der Waals surface area (Å²) in [4.78, 5) is 13.4. The molecule has 2 rings (SSSR count). The highest BCUT2D eigenvalue weighted by Crippen LogP contribution is 2.33. The molecule has 0 fully saturated rings. The van der Waals surface area contributed by atoms with Crippen LogP contribution in [0.15, 0.2) is 24.3 Å². The Hall–Kier alpha value is -2.64. The first kappa shape index (κ1) is 14.8. The van der Waals surface area contributed by atoms with E-state index in [0.717, 1.165) is 0 Å². The molecule has 0 bridgehead atoms. The molecule has 8 heteroatoms. The Labute approximate surface area is 116 Å². The number of carbonyl (C=O) groups is 1. The molecule has 4 nitrogen and oxygen atoms in total. The van der Waals surface area contributed by atoms with Gasteiger partial charge >= 0.3 is 0 Å². The molecule has 1 aromatic carbocycles. The lowest BCUT2D eigenvalue weighted by Gasteiger charge is -2.12. The molecule has 110 valence electrons. The summed E-state index contributed by atoms with van der Waals surface area (Å²) in [5.41, 5.74) is 0.0847. The Morgan fingerprint density at radius 1 is 1.10 bits per heavy atom. The van der Waals surface area contributed by atoms with E-state index in [2.05, 4.69) is 10.3 Å². The smallest absolute Gasteiger partial charge is 0.255 e. The first-order chi connectivity index (χ1) is 9.90. The van der Waals surface area contributed by atoms with Crippen molar-refractivity contribution in [1.29, 1.82) is 0 Å². The number of aromatic nitrogens is 1. The molecule has 21 heavy (non-hydrogen) atoms. The molecule has 2 aromatic rings. The number of hydrogen-bond donors (Lipinski definition) is 1. The van der Waals surface area contributed by atoms with Crippen LogP contribution < -0.4 is 10.1 Å². The van der Waals surface area contributed by atoms with E-state index >= 15 is 0 Å². The number of para-hydroxylation sites is 2. The van der Waals surface area contributed by atoms with Crippen LogP contribution in [0.1, 0.15) is 6.92 Å². The van der Waals surface area contributed by atoms with Crippen molar-refractivity contribution in [2.24, 2.45) is 0 Å². The molecular weight excluding hydrogens is 292 g/mol. The van der Waals surface area contributed by atoms with E-state index in [-0.39, 0.29) is 11.4 Å². The van der Waals surface area contributed by atoms with Crippen LogP contribution in [0.5, 0.6) is 11.5 Å². The summed E-state index contributed by atoms with van der Waals surface area (Å²) in [6, 6.07) is 5.63. The number of anilines is 1. The predicted molar refractivity (Wildman–Crippen MR) is 64.9 cm³/mol. The van der Waals surface area contributed by atoms with Gasteiger partial charge in [-0.1, -0.05) is 12.1 Å². The second-order valence-corrected chi connectivity index (χ2v) is 3.93. The highest BCUT2D eigenvalue weighted by molar-refractivity contribution is 5.90. The summed E-state index contributed by atoms with van der Waals surface area (Å²) >= 11 is 0. The first-order valence-electron chi connectivity index (χ1n) is 5.64. The second-order valence-electron chi connectivity index (χ2n) is 3.93. The summed E-state index contributed by atoms with van der Waals surface area (Å²) in [7, 11) is 0. The Morgan fingerprint density at radius 3 is 2.24 bits per heavy atom. The maximum atomic E-state index is 13.5. The zero-order chi connectivity index (χ0) is 15.6. The van der Waals surface area contributed by atoms with E-state index in [0.29, 0.717) is 0 Å². The number of pyridine rings is 1. The molecular formula is C13H8F4N2O2. The fraction of sp³-hybridized carbons (Fsp3) is 0.0769. The molecule has 0 saturated heterocycles. The standard InChI is InChI=1S/C13H8F4N2O2/c1-6(20)18-7-4-2-3-5-8(7)21-11-9(14)12(16)19-13(17)10(11)15/h2-5H,1H3,(H,18,20). The zero-order valence-electron chi connectivity index (χ0n) is 10.6. The van der Waals surface area contributed by atoms with Crippen LogP contribution in [0.2, 0.25) is 0 Å². The number of nitrogens with zero attached hydrogens (tertiary/aromatic N) is 1. The van der Waals surface area contributed by atoms with Gasteiger partial charge in [-0.25, -0.2) is 0 Å². The van der Waals surface area contributed by atoms with Crippen LogP contribution in [0, 0.1) is 23.5 Å². The van der Waals surface area contributed by atoms with Crippen molar-refractivity contribution in [3.05, 3.63) is 47.8 Å². The molecule has 0 aliphatic carbocycles. The van der Waals surface area contributed by atoms with Crippen LogP contribution in [-0.4, -0.2) is 10.9 Å². The lowest BCUT2D eigenvalue weighted by Crippen LogP contribution is -2.08. The maximum Gasteiger partial charge on any atom is 0.255 e. The number of ether oxygens (including phenoxy) is 1. The number of hydrogen-bond acceptors (Lipinski definition) is 3. The number of carbonyl (C=O) groups excluding carboxylic acids is 1. The van der Waals surface area contributed by atoms with Crippen molar-refractivity contribution in [3.63, 3.8) is 0 Å². The average Bonchev–Trinajstić information content (AvgIpc) is 2.42. The first-order valence-corrected chi connectivity index (χ1v) is 5.64. The molecule has 0 unspecified atom stereocenters. The zero-order valence-corrected chi connectivity index (χ0v) is 10.6. The average molecular weight is 300 g/mol. The summed E-state index contributed by atoms with van der Waals surface area (Å²) in [6.45, 7) is 1.21. The summed E-state index contributed by atoms with van der Waals surface area (Å²) in [5.74, 6) is -9.13. The minimum Gasteiger partial charge on any atom is -0.449 e. The lowest BCUT2D eigenvalue weighted by atomic mass is 10.3. The quantitative estimate of drug-likeness (QED) is 0.698. The van der Waals surface area contributed by atoms with Gasteiger partial charge < -0.3 is 10.1 Å². The van der Waals surface area contributed by atoms with Gasteiger partial charge in [-0.3, -0.25) is 4.79 Å². The van der Waals surface area contributed by atoms with Gasteiger partial charge in [-0.15, -0.1) is 0 Å². The molecule has 1 amide bonds. The van der Waals surface area contributed by atoms with Gasteiger partial charge in [0.15, 0.2) is 5.75 Å². The van der Waals surface area contributed by atoms with Crippen molar-refractivity contribution in [1.82, 2.24) is 4.98 Å². The van der Waals surface area contributed by atoms with Gasteiger partial charge in [-0.2, -0.15) is 22.5 Å². The van der Waals surface area contributed by atoms with Gasteiger partial charge in [0.05, 0.1) is 5.69 Å². The van der Waals surface area contributed by atoms with Crippen molar-refractivity contribution in [2.75, 3.05) is 5.32 Å². The molecule has 1 heterocycles. The molecule has 0 aliphatic rings. The Bertz CT molecular complexity index is 681. The minimum absolute atomic E-state index is 0.0847. The number of rotatable bonds is 3. The SMILES string of the molecule is CC(=O)Nc1ccccc1Oc1c(F)c(F)nc(F)c1F. The molecule has 0 radical (unpaired) electrons. The summed E-state index contributed by atoms with van der Waals surface area (Å²) in [5, 5.41) is 2.35. The van der Waals surface area contributed by atoms with Gasteiger partial charge in [0.1, 0.15) is 0 Å². The van der Waals surface area contributed by atoms with Crippen LogP contribution in [0.3, 0.4) is 0 Å². The molecule has 1 N–H and O–H groups in total. The van der Waals surface area contributed by atoms with E-state index < -0.39 is 35.2 Å². The lowest BCUT2D eigenvalue weighted by molar-refractivity contribution is -0.114. The number of benzene rings is 1. The predicted octanol–water partition coefficient (Wildman–Crippen LogP) is 3.39. The maximum absolute atomic E-state index is 13.5. The minimum atomic E-state index is -1.83. The normalized spacial score (nSPS) is 10.3. The fourth-order valence-electron chi connectivity index (χ4n) is 1.52. The van der Waals surface area contributed by atoms with E-state index in [4.69, 9.17) is 4.74 Å². The number of halogens is 4. The van der Waals surface area contributed by atoms with Crippen molar-refractivity contribution in [2.45, 2.75) is 6.92 Å². The highest BCUT2D eigenvalue weighted by Gasteiger charge is 2.23. The fourth-order valence-corrected chi connectivity index (χ4v) is 1.52. The number of amides is 1. The van der Waals surface area contributed by atoms with Gasteiger partial charge in [-0.05, 0) is 12.1 Å². The molecule has 0 saturated carbocycles. The molecule has 0 aliphatic heterocycles. The van der Waals surface area contributed by atoms with E-state index in [1.165, 1.54) is 31.2 Å². The summed E-state index contributed by atoms with van der Waals surface area (Å²) < 4.78 is 57.8. The van der Waals surface area contributed by atoms with Crippen LogP contribution >= 0.6 is 0 Å². The Balaban J connectivity index is 2.46. The van der Waals surface area contributed by atoms with Crippen LogP contribution in [0.25, 0.3) is 0 Å². The van der Waals surface area contributed by atoms with E-state index in [1.807, 2.05) is 0 Å². The Kier molecular flexibility index (Phi) is 4.06. The monoisotopic (exact) mass is 300 g/mol. The molecule has 0 spiro atoms. The second kappa shape index (κ2) is 5.78.